The molecule has 3 N–H and O–H groups in total. The van der Waals surface area contributed by atoms with Gasteiger partial charge in [0.05, 0.1) is 22.4 Å². The van der Waals surface area contributed by atoms with Gasteiger partial charge in [0.2, 0.25) is 0 Å². The van der Waals surface area contributed by atoms with Gasteiger partial charge >= 0.3 is 0 Å². The van der Waals surface area contributed by atoms with Crippen LogP contribution in [0.2, 0.25) is 0 Å². The molecule has 2 aliphatic heterocycles. The smallest absolute Gasteiger partial charge is 0.179 e. The van der Waals surface area contributed by atoms with Gasteiger partial charge in [-0.15, -0.1) is 0 Å². The number of fused-ring (bicyclic) bond motifs is 1. The summed E-state index contributed by atoms with van der Waals surface area (Å²) in [4.78, 5) is 0.377. The van der Waals surface area contributed by atoms with Gasteiger partial charge in [0.15, 0.2) is 9.84 Å². The third-order valence-corrected chi connectivity index (χ3v) is 9.70. The number of benzene rings is 3. The number of nitrogens with one attached hydrogen (secondary N) is 2. The number of hydrogen-bond acceptors (Lipinski definition) is 6. The van der Waals surface area contributed by atoms with Crippen LogP contribution in [0.5, 0.6) is 11.5 Å². The van der Waals surface area contributed by atoms with Crippen molar-refractivity contribution >= 4 is 21.2 Å². The number of sulfone groups is 1. The van der Waals surface area contributed by atoms with Crippen molar-refractivity contribution in [1.82, 2.24) is 0 Å². The van der Waals surface area contributed by atoms with E-state index < -0.39 is 21.3 Å². The van der Waals surface area contributed by atoms with Gasteiger partial charge in [0.1, 0.15) is 23.8 Å². The highest BCUT2D eigenvalue weighted by Crippen LogP contribution is 2.51. The molecular weight excluding hydrogens is 484 g/mol. The van der Waals surface area contributed by atoms with Gasteiger partial charge in [0.25, 0.3) is 0 Å². The highest BCUT2D eigenvalue weighted by atomic mass is 32.2. The van der Waals surface area contributed by atoms with Crippen molar-refractivity contribution in [1.29, 1.82) is 0 Å². The predicted octanol–water partition coefficient (Wildman–Crippen LogP) is 6.48. The Balaban J connectivity index is 1.45. The molecule has 0 radical (unpaired) electrons. The third-order valence-electron chi connectivity index (χ3n) is 7.38. The lowest BCUT2D eigenvalue weighted by molar-refractivity contribution is 0.306. The molecule has 1 aliphatic carbocycles. The lowest BCUT2D eigenvalue weighted by atomic mass is 9.88. The molecule has 3 aromatic rings. The van der Waals surface area contributed by atoms with Crippen molar-refractivity contribution in [2.45, 2.75) is 51.7 Å². The van der Waals surface area contributed by atoms with Gasteiger partial charge in [-0.2, -0.15) is 0 Å². The molecule has 2 heterocycles. The first-order valence-corrected chi connectivity index (χ1v) is 14.5. The maximum absolute atomic E-state index is 13.8. The van der Waals surface area contributed by atoms with Crippen LogP contribution in [0.4, 0.5) is 11.4 Å². The lowest BCUT2D eigenvalue weighted by Gasteiger charge is -2.35. The molecule has 192 valence electrons. The Labute approximate surface area is 218 Å². The van der Waals surface area contributed by atoms with Crippen LogP contribution in [0.3, 0.4) is 0 Å². The fourth-order valence-corrected chi connectivity index (χ4v) is 7.96. The summed E-state index contributed by atoms with van der Waals surface area (Å²) in [6.45, 7) is 4.43. The van der Waals surface area contributed by atoms with Crippen LogP contribution < -0.4 is 15.4 Å². The third kappa shape index (κ3) is 4.68. The molecule has 0 aromatic heterocycles. The average Bonchev–Trinajstić information content (AvgIpc) is 3.69. The molecule has 1 unspecified atom stereocenters. The number of para-hydroxylation sites is 1. The molecule has 0 amide bonds. The van der Waals surface area contributed by atoms with Crippen LogP contribution in [0.25, 0.3) is 0 Å². The summed E-state index contributed by atoms with van der Waals surface area (Å²) in [6, 6.07) is 20.8. The van der Waals surface area contributed by atoms with Crippen molar-refractivity contribution in [2.24, 2.45) is 5.41 Å². The van der Waals surface area contributed by atoms with Crippen molar-refractivity contribution < 1.29 is 18.3 Å². The second-order valence-corrected chi connectivity index (χ2v) is 13.1. The average molecular weight is 517 g/mol. The number of rotatable bonds is 5. The molecule has 37 heavy (non-hydrogen) atoms. The second kappa shape index (κ2) is 8.84. The topological polar surface area (TPSA) is 87.7 Å². The SMILES string of the molecule is CC1(C)CC2=C(C(c3ccc(OCc4ccccc4)cc3C3CC3)Nc3cccc(O)c3N2)S(=O)(=O)C1. The monoisotopic (exact) mass is 516 g/mol. The number of hydrogen-bond donors (Lipinski definition) is 3. The summed E-state index contributed by atoms with van der Waals surface area (Å²) in [5.74, 6) is 1.33. The molecule has 6 nitrogen and oxygen atoms in total. The van der Waals surface area contributed by atoms with E-state index in [4.69, 9.17) is 4.74 Å². The molecule has 7 heteroatoms. The van der Waals surface area contributed by atoms with E-state index in [0.717, 1.165) is 35.3 Å². The van der Waals surface area contributed by atoms with Crippen LogP contribution in [-0.2, 0) is 16.4 Å². The lowest BCUT2D eigenvalue weighted by Crippen LogP contribution is -2.35. The van der Waals surface area contributed by atoms with Crippen LogP contribution >= 0.6 is 0 Å². The number of ether oxygens (including phenoxy) is 1. The Bertz CT molecular complexity index is 1490. The summed E-state index contributed by atoms with van der Waals surface area (Å²) in [6.07, 6.45) is 2.72. The summed E-state index contributed by atoms with van der Waals surface area (Å²) in [7, 11) is -3.58. The highest BCUT2D eigenvalue weighted by molar-refractivity contribution is 7.95. The first-order valence-electron chi connectivity index (χ1n) is 12.8. The van der Waals surface area contributed by atoms with Gasteiger partial charge in [-0.3, -0.25) is 0 Å². The van der Waals surface area contributed by atoms with Crippen molar-refractivity contribution in [2.75, 3.05) is 16.4 Å². The van der Waals surface area contributed by atoms with E-state index in [9.17, 15) is 13.5 Å². The molecule has 1 atom stereocenters. The van der Waals surface area contributed by atoms with Crippen LogP contribution in [0.1, 0.15) is 61.8 Å². The Morgan fingerprint density at radius 1 is 1.00 bits per heavy atom. The van der Waals surface area contributed by atoms with Crippen LogP contribution in [0, 0.1) is 5.41 Å². The Kier molecular flexibility index (Phi) is 5.71. The maximum Gasteiger partial charge on any atom is 0.179 e. The summed E-state index contributed by atoms with van der Waals surface area (Å²) >= 11 is 0. The number of phenolic OH excluding ortho intramolecular Hbond substituents is 1. The van der Waals surface area contributed by atoms with Crippen molar-refractivity contribution in [3.63, 3.8) is 0 Å². The first kappa shape index (κ1) is 23.9. The minimum absolute atomic E-state index is 0.0814. The van der Waals surface area contributed by atoms with E-state index in [1.54, 1.807) is 12.1 Å². The minimum atomic E-state index is -3.58. The predicted molar refractivity (Wildman–Crippen MR) is 146 cm³/mol. The van der Waals surface area contributed by atoms with E-state index in [0.29, 0.717) is 40.9 Å². The molecule has 1 saturated carbocycles. The fraction of sp³-hybridized carbons (Fsp3) is 0.333. The van der Waals surface area contributed by atoms with E-state index in [2.05, 4.69) is 16.7 Å². The van der Waals surface area contributed by atoms with Crippen molar-refractivity contribution in [3.8, 4) is 11.5 Å². The fourth-order valence-electron chi connectivity index (χ4n) is 5.63. The number of allylic oxidation sites excluding steroid dienone is 1. The number of anilines is 2. The zero-order chi connectivity index (χ0) is 25.8. The van der Waals surface area contributed by atoms with Crippen LogP contribution in [0.15, 0.2) is 77.3 Å². The minimum Gasteiger partial charge on any atom is -0.506 e. The van der Waals surface area contributed by atoms with Gasteiger partial charge in [-0.25, -0.2) is 8.42 Å². The molecule has 0 saturated heterocycles. The molecule has 0 bridgehead atoms. The number of aromatic hydroxyl groups is 1. The standard InChI is InChI=1S/C30H32N2O4S/c1-30(2)16-25-29(37(34,35)18-30)27(31-24-9-6-10-26(33)28(24)32-25)22-14-13-21(15-23(22)20-11-12-20)36-17-19-7-4-3-5-8-19/h3-10,13-15,20,27,31-33H,11-12,16-18H2,1-2H3. The Morgan fingerprint density at radius 3 is 2.54 bits per heavy atom. The van der Waals surface area contributed by atoms with Gasteiger partial charge in [0, 0.05) is 5.70 Å². The van der Waals surface area contributed by atoms with E-state index in [1.165, 1.54) is 0 Å². The maximum atomic E-state index is 13.8. The zero-order valence-electron chi connectivity index (χ0n) is 21.1. The molecule has 6 rings (SSSR count). The van der Waals surface area contributed by atoms with E-state index >= 15 is 0 Å². The van der Waals surface area contributed by atoms with Gasteiger partial charge in [-0.1, -0.05) is 56.3 Å². The summed E-state index contributed by atoms with van der Waals surface area (Å²) in [5, 5.41) is 17.5. The molecule has 1 fully saturated rings. The largest absolute Gasteiger partial charge is 0.506 e. The first-order chi connectivity index (χ1) is 17.7. The van der Waals surface area contributed by atoms with Gasteiger partial charge in [-0.05, 0) is 71.6 Å². The molecule has 3 aliphatic rings. The number of phenols is 1. The van der Waals surface area contributed by atoms with Crippen LogP contribution in [-0.4, -0.2) is 19.3 Å². The molecule has 0 spiro atoms. The van der Waals surface area contributed by atoms with Crippen molar-refractivity contribution in [3.05, 3.63) is 94.0 Å². The molecule has 3 aromatic carbocycles. The summed E-state index contributed by atoms with van der Waals surface area (Å²) in [5.41, 5.74) is 4.60. The quantitative estimate of drug-likeness (QED) is 0.336. The highest BCUT2D eigenvalue weighted by Gasteiger charge is 2.44. The van der Waals surface area contributed by atoms with Gasteiger partial charge < -0.3 is 20.5 Å². The van der Waals surface area contributed by atoms with E-state index in [-0.39, 0.29) is 11.5 Å². The summed E-state index contributed by atoms with van der Waals surface area (Å²) < 4.78 is 33.7. The van der Waals surface area contributed by atoms with E-state index in [1.807, 2.05) is 62.4 Å². The second-order valence-electron chi connectivity index (χ2n) is 11.2. The zero-order valence-corrected chi connectivity index (χ0v) is 21.9. The Hall–Kier alpha value is -3.45. The Morgan fingerprint density at radius 2 is 1.78 bits per heavy atom. The molecular formula is C30H32N2O4S. The normalized spacial score (nSPS) is 21.6.